The van der Waals surface area contributed by atoms with Gasteiger partial charge in [-0.1, -0.05) is 12.1 Å². The minimum Gasteiger partial charge on any atom is -0.454 e. The van der Waals surface area contributed by atoms with Gasteiger partial charge in [0, 0.05) is 55.6 Å². The number of carbonyl (C=O) groups is 1. The number of fused-ring (bicyclic) bond motifs is 1. The highest BCUT2D eigenvalue weighted by Crippen LogP contribution is 2.33. The number of amides is 1. The van der Waals surface area contributed by atoms with Crippen LogP contribution in [0.1, 0.15) is 15.9 Å². The van der Waals surface area contributed by atoms with Crippen LogP contribution in [0, 0.1) is 0 Å². The third kappa shape index (κ3) is 4.10. The highest BCUT2D eigenvalue weighted by atomic mass is 32.1. The predicted octanol–water partition coefficient (Wildman–Crippen LogP) is 3.57. The number of anilines is 2. The number of hydrogen-bond donors (Lipinski definition) is 1. The van der Waals surface area contributed by atoms with Gasteiger partial charge in [-0.05, 0) is 35.9 Å². The molecule has 2 aromatic carbocycles. The maximum Gasteiger partial charge on any atom is 0.254 e. The number of rotatable bonds is 5. The van der Waals surface area contributed by atoms with Gasteiger partial charge in [0.25, 0.3) is 5.91 Å². The molecule has 1 amide bonds. The molecule has 0 radical (unpaired) electrons. The molecule has 30 heavy (non-hydrogen) atoms. The molecular formula is C22H22N4O3S. The van der Waals surface area contributed by atoms with Gasteiger partial charge < -0.3 is 19.7 Å². The Morgan fingerprint density at radius 3 is 2.77 bits per heavy atom. The molecule has 1 fully saturated rings. The number of hydrogen-bond acceptors (Lipinski definition) is 7. The van der Waals surface area contributed by atoms with Gasteiger partial charge in [-0.3, -0.25) is 9.69 Å². The largest absolute Gasteiger partial charge is 0.454 e. The molecule has 3 aromatic rings. The van der Waals surface area contributed by atoms with Gasteiger partial charge >= 0.3 is 0 Å². The van der Waals surface area contributed by atoms with E-state index in [1.54, 1.807) is 6.20 Å². The van der Waals surface area contributed by atoms with Crippen molar-refractivity contribution in [2.45, 2.75) is 6.54 Å². The molecule has 1 saturated heterocycles. The molecule has 0 aliphatic carbocycles. The van der Waals surface area contributed by atoms with Gasteiger partial charge in [0.2, 0.25) is 6.79 Å². The Morgan fingerprint density at radius 1 is 1.07 bits per heavy atom. The van der Waals surface area contributed by atoms with Crippen LogP contribution in [-0.4, -0.2) is 53.7 Å². The summed E-state index contributed by atoms with van der Waals surface area (Å²) in [5.41, 5.74) is 2.76. The van der Waals surface area contributed by atoms with Gasteiger partial charge in [0.15, 0.2) is 16.6 Å². The molecule has 154 valence electrons. The first-order valence-corrected chi connectivity index (χ1v) is 10.8. The Kier molecular flexibility index (Phi) is 5.25. The fourth-order valence-corrected chi connectivity index (χ4v) is 4.28. The van der Waals surface area contributed by atoms with Crippen LogP contribution < -0.4 is 14.8 Å². The van der Waals surface area contributed by atoms with Gasteiger partial charge in [0.05, 0.1) is 0 Å². The van der Waals surface area contributed by atoms with E-state index in [4.69, 9.17) is 9.47 Å². The quantitative estimate of drug-likeness (QED) is 0.678. The number of thiazole rings is 1. The monoisotopic (exact) mass is 422 g/mol. The van der Waals surface area contributed by atoms with Crippen molar-refractivity contribution in [1.82, 2.24) is 14.8 Å². The second-order valence-corrected chi connectivity index (χ2v) is 8.19. The molecule has 0 unspecified atom stereocenters. The molecular weight excluding hydrogens is 400 g/mol. The van der Waals surface area contributed by atoms with Crippen LogP contribution in [0.5, 0.6) is 11.5 Å². The van der Waals surface area contributed by atoms with Crippen LogP contribution in [0.2, 0.25) is 0 Å². The summed E-state index contributed by atoms with van der Waals surface area (Å²) in [6.07, 6.45) is 1.76. The Hall–Kier alpha value is -3.10. The highest BCUT2D eigenvalue weighted by Gasteiger charge is 2.23. The van der Waals surface area contributed by atoms with Crippen molar-refractivity contribution in [2.75, 3.05) is 38.3 Å². The van der Waals surface area contributed by atoms with E-state index in [0.717, 1.165) is 42.0 Å². The van der Waals surface area contributed by atoms with Gasteiger partial charge in [-0.25, -0.2) is 4.98 Å². The summed E-state index contributed by atoms with van der Waals surface area (Å²) in [4.78, 5) is 21.5. The van der Waals surface area contributed by atoms with Crippen molar-refractivity contribution in [2.24, 2.45) is 0 Å². The lowest BCUT2D eigenvalue weighted by Crippen LogP contribution is -2.48. The van der Waals surface area contributed by atoms with Crippen molar-refractivity contribution in [3.05, 3.63) is 65.2 Å². The van der Waals surface area contributed by atoms with Gasteiger partial charge in [-0.15, -0.1) is 11.3 Å². The van der Waals surface area contributed by atoms with E-state index in [0.29, 0.717) is 25.4 Å². The molecule has 2 aliphatic rings. The Morgan fingerprint density at radius 2 is 1.93 bits per heavy atom. The maximum absolute atomic E-state index is 13.0. The molecule has 0 atom stereocenters. The van der Waals surface area contributed by atoms with Gasteiger partial charge in [-0.2, -0.15) is 0 Å². The summed E-state index contributed by atoms with van der Waals surface area (Å²) in [7, 11) is 0. The predicted molar refractivity (Wildman–Crippen MR) is 116 cm³/mol. The Labute approximate surface area is 178 Å². The number of carbonyl (C=O) groups excluding carboxylic acids is 1. The van der Waals surface area contributed by atoms with Crippen LogP contribution in [-0.2, 0) is 6.54 Å². The average Bonchev–Trinajstić information content (AvgIpc) is 3.45. The van der Waals surface area contributed by atoms with E-state index in [1.165, 1.54) is 16.9 Å². The Balaban J connectivity index is 1.18. The first-order valence-electron chi connectivity index (χ1n) is 9.91. The minimum absolute atomic E-state index is 0.0699. The zero-order valence-corrected chi connectivity index (χ0v) is 17.2. The number of ether oxygens (including phenoxy) is 2. The van der Waals surface area contributed by atoms with Crippen molar-refractivity contribution in [1.29, 1.82) is 0 Å². The van der Waals surface area contributed by atoms with E-state index in [1.807, 2.05) is 46.7 Å². The van der Waals surface area contributed by atoms with Crippen LogP contribution in [0.3, 0.4) is 0 Å². The fourth-order valence-electron chi connectivity index (χ4n) is 3.73. The van der Waals surface area contributed by atoms with E-state index < -0.39 is 0 Å². The maximum atomic E-state index is 13.0. The summed E-state index contributed by atoms with van der Waals surface area (Å²) >= 11 is 1.53. The summed E-state index contributed by atoms with van der Waals surface area (Å²) in [6, 6.07) is 13.7. The van der Waals surface area contributed by atoms with Crippen molar-refractivity contribution < 1.29 is 14.3 Å². The summed E-state index contributed by atoms with van der Waals surface area (Å²) in [6.45, 7) is 4.25. The molecule has 1 N–H and O–H groups in total. The molecule has 7 nitrogen and oxygen atoms in total. The number of nitrogens with zero attached hydrogens (tertiary/aromatic N) is 3. The van der Waals surface area contributed by atoms with Crippen LogP contribution >= 0.6 is 11.3 Å². The van der Waals surface area contributed by atoms with Crippen LogP contribution in [0.25, 0.3) is 0 Å². The standard InChI is InChI=1S/C22H22N4O3S/c27-21(17-2-1-3-18(13-17)24-22-23-6-11-30-22)26-9-7-25(8-10-26)14-16-4-5-19-20(12-16)29-15-28-19/h1-6,11-13H,7-10,14-15H2,(H,23,24). The molecule has 2 aliphatic heterocycles. The molecule has 8 heteroatoms. The van der Waals surface area contributed by atoms with Crippen molar-refractivity contribution >= 4 is 28.1 Å². The molecule has 3 heterocycles. The van der Waals surface area contributed by atoms with E-state index in [-0.39, 0.29) is 5.91 Å². The smallest absolute Gasteiger partial charge is 0.254 e. The van der Waals surface area contributed by atoms with Crippen molar-refractivity contribution in [3.8, 4) is 11.5 Å². The van der Waals surface area contributed by atoms with Crippen LogP contribution in [0.15, 0.2) is 54.0 Å². The molecule has 0 bridgehead atoms. The number of benzene rings is 2. The number of piperazine rings is 1. The number of nitrogens with one attached hydrogen (secondary N) is 1. The van der Waals surface area contributed by atoms with Crippen molar-refractivity contribution in [3.63, 3.8) is 0 Å². The minimum atomic E-state index is 0.0699. The molecule has 5 rings (SSSR count). The highest BCUT2D eigenvalue weighted by molar-refractivity contribution is 7.13. The zero-order chi connectivity index (χ0) is 20.3. The number of aromatic nitrogens is 1. The molecule has 1 aromatic heterocycles. The second-order valence-electron chi connectivity index (χ2n) is 7.30. The molecule has 0 saturated carbocycles. The normalized spacial score (nSPS) is 15.9. The fraction of sp³-hybridized carbons (Fsp3) is 0.273. The third-order valence-corrected chi connectivity index (χ3v) is 5.98. The lowest BCUT2D eigenvalue weighted by molar-refractivity contribution is 0.0628. The second kappa shape index (κ2) is 8.33. The summed E-state index contributed by atoms with van der Waals surface area (Å²) < 4.78 is 10.8. The summed E-state index contributed by atoms with van der Waals surface area (Å²) in [5, 5.41) is 5.98. The average molecular weight is 423 g/mol. The lowest BCUT2D eigenvalue weighted by Gasteiger charge is -2.34. The lowest BCUT2D eigenvalue weighted by atomic mass is 10.1. The SMILES string of the molecule is O=C(c1cccc(Nc2nccs2)c1)N1CCN(Cc2ccc3c(c2)OCO3)CC1. The van der Waals surface area contributed by atoms with Gasteiger partial charge in [0.1, 0.15) is 0 Å². The first kappa shape index (κ1) is 18.9. The summed E-state index contributed by atoms with van der Waals surface area (Å²) in [5.74, 6) is 1.69. The third-order valence-electron chi connectivity index (χ3n) is 5.30. The van der Waals surface area contributed by atoms with E-state index in [2.05, 4.69) is 21.3 Å². The topological polar surface area (TPSA) is 66.9 Å². The van der Waals surface area contributed by atoms with E-state index >= 15 is 0 Å². The zero-order valence-electron chi connectivity index (χ0n) is 16.4. The molecule has 0 spiro atoms. The first-order chi connectivity index (χ1) is 14.7. The van der Waals surface area contributed by atoms with Crippen LogP contribution in [0.4, 0.5) is 10.8 Å². The Bertz CT molecular complexity index is 1030. The van der Waals surface area contributed by atoms with E-state index in [9.17, 15) is 4.79 Å².